The zero-order valence-corrected chi connectivity index (χ0v) is 17.8. The van der Waals surface area contributed by atoms with Crippen LogP contribution in [0.1, 0.15) is 37.0 Å². The van der Waals surface area contributed by atoms with Gasteiger partial charge in [0.05, 0.1) is 4.90 Å². The van der Waals surface area contributed by atoms with Crippen LogP contribution in [0.4, 0.5) is 5.69 Å². The third kappa shape index (κ3) is 5.58. The van der Waals surface area contributed by atoms with E-state index in [9.17, 15) is 13.2 Å². The molecule has 3 rings (SSSR count). The molecule has 1 amide bonds. The highest BCUT2D eigenvalue weighted by Crippen LogP contribution is 2.23. The maximum Gasteiger partial charge on any atom is 0.251 e. The van der Waals surface area contributed by atoms with Crippen molar-refractivity contribution in [3.05, 3.63) is 60.2 Å². The molecule has 0 radical (unpaired) electrons. The zero-order valence-electron chi connectivity index (χ0n) is 17.0. The molecule has 6 nitrogen and oxygen atoms in total. The molecule has 1 aliphatic heterocycles. The van der Waals surface area contributed by atoms with Crippen LogP contribution in [0, 0.1) is 5.92 Å². The first kappa shape index (κ1) is 21.3. The van der Waals surface area contributed by atoms with E-state index in [1.165, 1.54) is 17.8 Å². The highest BCUT2D eigenvalue weighted by atomic mass is 32.2. The third-order valence-corrected chi connectivity index (χ3v) is 6.96. The SMILES string of the molecule is CCC(C)NS(=O)(=O)c1ccc(C(=O)NCC2CCN(c3ccccc3)C2)cc1. The van der Waals surface area contributed by atoms with Gasteiger partial charge < -0.3 is 10.2 Å². The Balaban J connectivity index is 1.52. The van der Waals surface area contributed by atoms with E-state index in [0.717, 1.165) is 19.5 Å². The van der Waals surface area contributed by atoms with Gasteiger partial charge in [0.1, 0.15) is 0 Å². The van der Waals surface area contributed by atoms with Crippen LogP contribution in [-0.4, -0.2) is 40.0 Å². The Hall–Kier alpha value is -2.38. The normalized spacial score (nSPS) is 17.9. The highest BCUT2D eigenvalue weighted by molar-refractivity contribution is 7.89. The molecule has 1 fully saturated rings. The Kier molecular flexibility index (Phi) is 6.92. The van der Waals surface area contributed by atoms with Crippen LogP contribution in [0.2, 0.25) is 0 Å². The van der Waals surface area contributed by atoms with Gasteiger partial charge in [-0.25, -0.2) is 13.1 Å². The predicted molar refractivity (Wildman–Crippen MR) is 116 cm³/mol. The number of hydrogen-bond acceptors (Lipinski definition) is 4. The van der Waals surface area contributed by atoms with Gasteiger partial charge in [-0.3, -0.25) is 4.79 Å². The largest absolute Gasteiger partial charge is 0.371 e. The van der Waals surface area contributed by atoms with E-state index in [1.807, 2.05) is 32.0 Å². The molecule has 2 atom stereocenters. The smallest absolute Gasteiger partial charge is 0.251 e. The molecule has 1 aliphatic rings. The van der Waals surface area contributed by atoms with Crippen LogP contribution in [0.15, 0.2) is 59.5 Å². The molecular weight excluding hydrogens is 386 g/mol. The van der Waals surface area contributed by atoms with Gasteiger partial charge in [-0.2, -0.15) is 0 Å². The molecule has 0 spiro atoms. The number of benzene rings is 2. The van der Waals surface area contributed by atoms with E-state index in [4.69, 9.17) is 0 Å². The van der Waals surface area contributed by atoms with E-state index < -0.39 is 10.0 Å². The fourth-order valence-electron chi connectivity index (χ4n) is 3.41. The Morgan fingerprint density at radius 1 is 1.14 bits per heavy atom. The Morgan fingerprint density at radius 2 is 1.83 bits per heavy atom. The summed E-state index contributed by atoms with van der Waals surface area (Å²) in [6, 6.07) is 16.2. The molecule has 1 heterocycles. The molecule has 2 aromatic carbocycles. The van der Waals surface area contributed by atoms with E-state index >= 15 is 0 Å². The molecule has 156 valence electrons. The minimum atomic E-state index is -3.56. The first-order valence-electron chi connectivity index (χ1n) is 10.1. The molecule has 0 aliphatic carbocycles. The standard InChI is InChI=1S/C22H29N3O3S/c1-3-17(2)24-29(27,28)21-11-9-19(10-12-21)22(26)23-15-18-13-14-25(16-18)20-7-5-4-6-8-20/h4-12,17-18,24H,3,13-16H2,1-2H3,(H,23,26). The number of para-hydroxylation sites is 1. The van der Waals surface area contributed by atoms with Crippen molar-refractivity contribution in [2.45, 2.75) is 37.6 Å². The number of amides is 1. The van der Waals surface area contributed by atoms with Crippen molar-refractivity contribution in [1.82, 2.24) is 10.0 Å². The van der Waals surface area contributed by atoms with Crippen molar-refractivity contribution in [1.29, 1.82) is 0 Å². The number of carbonyl (C=O) groups excluding carboxylic acids is 1. The first-order chi connectivity index (χ1) is 13.9. The van der Waals surface area contributed by atoms with Crippen LogP contribution >= 0.6 is 0 Å². The van der Waals surface area contributed by atoms with E-state index in [2.05, 4.69) is 27.1 Å². The Bertz CT molecular complexity index is 914. The Morgan fingerprint density at radius 3 is 2.48 bits per heavy atom. The summed E-state index contributed by atoms with van der Waals surface area (Å²) in [4.78, 5) is 15.0. The number of hydrogen-bond donors (Lipinski definition) is 2. The van der Waals surface area contributed by atoms with Crippen LogP contribution in [0.25, 0.3) is 0 Å². The molecule has 7 heteroatoms. The maximum atomic E-state index is 12.4. The summed E-state index contributed by atoms with van der Waals surface area (Å²) in [5.41, 5.74) is 1.68. The molecule has 1 saturated heterocycles. The van der Waals surface area contributed by atoms with Crippen LogP contribution in [0.3, 0.4) is 0 Å². The number of nitrogens with one attached hydrogen (secondary N) is 2. The van der Waals surface area contributed by atoms with Gasteiger partial charge in [-0.1, -0.05) is 25.1 Å². The van der Waals surface area contributed by atoms with Crippen LogP contribution < -0.4 is 14.9 Å². The lowest BCUT2D eigenvalue weighted by molar-refractivity contribution is 0.0948. The summed E-state index contributed by atoms with van der Waals surface area (Å²) in [6.45, 7) is 6.26. The lowest BCUT2D eigenvalue weighted by Crippen LogP contribution is -2.32. The maximum absolute atomic E-state index is 12.4. The average molecular weight is 416 g/mol. The fourth-order valence-corrected chi connectivity index (χ4v) is 4.74. The predicted octanol–water partition coefficient (Wildman–Crippen LogP) is 3.02. The third-order valence-electron chi connectivity index (χ3n) is 5.35. The summed E-state index contributed by atoms with van der Waals surface area (Å²) in [6.07, 6.45) is 1.75. The van der Waals surface area contributed by atoms with E-state index in [-0.39, 0.29) is 16.8 Å². The van der Waals surface area contributed by atoms with Crippen molar-refractivity contribution < 1.29 is 13.2 Å². The van der Waals surface area contributed by atoms with Gasteiger partial charge in [-0.15, -0.1) is 0 Å². The average Bonchev–Trinajstić information content (AvgIpc) is 3.21. The van der Waals surface area contributed by atoms with E-state index in [0.29, 0.717) is 24.4 Å². The van der Waals surface area contributed by atoms with Gasteiger partial charge in [0.25, 0.3) is 5.91 Å². The summed E-state index contributed by atoms with van der Waals surface area (Å²) in [7, 11) is -3.56. The summed E-state index contributed by atoms with van der Waals surface area (Å²) >= 11 is 0. The molecule has 2 aromatic rings. The number of carbonyl (C=O) groups is 1. The minimum Gasteiger partial charge on any atom is -0.371 e. The second kappa shape index (κ2) is 9.41. The lowest BCUT2D eigenvalue weighted by Gasteiger charge is -2.18. The topological polar surface area (TPSA) is 78.5 Å². The number of sulfonamides is 1. The van der Waals surface area contributed by atoms with E-state index in [1.54, 1.807) is 12.1 Å². The summed E-state index contributed by atoms with van der Waals surface area (Å²) < 4.78 is 27.2. The molecule has 0 saturated carbocycles. The number of rotatable bonds is 8. The fraction of sp³-hybridized carbons (Fsp3) is 0.409. The monoisotopic (exact) mass is 415 g/mol. The highest BCUT2D eigenvalue weighted by Gasteiger charge is 2.23. The van der Waals surface area contributed by atoms with Crippen molar-refractivity contribution in [3.63, 3.8) is 0 Å². The quantitative estimate of drug-likeness (QED) is 0.695. The lowest BCUT2D eigenvalue weighted by atomic mass is 10.1. The van der Waals surface area contributed by atoms with Gasteiger partial charge in [0.15, 0.2) is 0 Å². The van der Waals surface area contributed by atoms with Gasteiger partial charge in [-0.05, 0) is 62.1 Å². The molecule has 2 unspecified atom stereocenters. The van der Waals surface area contributed by atoms with Gasteiger partial charge >= 0.3 is 0 Å². The molecule has 29 heavy (non-hydrogen) atoms. The van der Waals surface area contributed by atoms with Crippen molar-refractivity contribution in [2.75, 3.05) is 24.5 Å². The number of anilines is 1. The molecule has 0 aromatic heterocycles. The summed E-state index contributed by atoms with van der Waals surface area (Å²) in [5, 5.41) is 2.98. The second-order valence-electron chi connectivity index (χ2n) is 7.60. The van der Waals surface area contributed by atoms with Crippen molar-refractivity contribution in [3.8, 4) is 0 Å². The van der Waals surface area contributed by atoms with Crippen LogP contribution in [0.5, 0.6) is 0 Å². The van der Waals surface area contributed by atoms with Crippen LogP contribution in [-0.2, 0) is 10.0 Å². The molecule has 2 N–H and O–H groups in total. The second-order valence-corrected chi connectivity index (χ2v) is 9.32. The number of nitrogens with zero attached hydrogens (tertiary/aromatic N) is 1. The molecular formula is C22H29N3O3S. The Labute approximate surface area is 173 Å². The molecule has 0 bridgehead atoms. The first-order valence-corrected chi connectivity index (χ1v) is 11.6. The van der Waals surface area contributed by atoms with Crippen molar-refractivity contribution >= 4 is 21.6 Å². The zero-order chi connectivity index (χ0) is 20.9. The van der Waals surface area contributed by atoms with Gasteiger partial charge in [0.2, 0.25) is 10.0 Å². The minimum absolute atomic E-state index is 0.134. The van der Waals surface area contributed by atoms with Crippen molar-refractivity contribution in [2.24, 2.45) is 5.92 Å². The van der Waals surface area contributed by atoms with Gasteiger partial charge in [0, 0.05) is 36.9 Å². The summed E-state index contributed by atoms with van der Waals surface area (Å²) in [5.74, 6) is 0.223.